The summed E-state index contributed by atoms with van der Waals surface area (Å²) in [5, 5.41) is 12.0. The van der Waals surface area contributed by atoms with Gasteiger partial charge in [0.15, 0.2) is 11.5 Å². The zero-order chi connectivity index (χ0) is 15.2. The number of oxime groups is 1. The highest BCUT2D eigenvalue weighted by Gasteiger charge is 2.12. The van der Waals surface area contributed by atoms with E-state index in [0.29, 0.717) is 28.7 Å². The van der Waals surface area contributed by atoms with Crippen molar-refractivity contribution in [3.8, 4) is 11.5 Å². The van der Waals surface area contributed by atoms with E-state index in [4.69, 9.17) is 26.3 Å². The molecule has 0 fully saturated rings. The van der Waals surface area contributed by atoms with E-state index < -0.39 is 0 Å². The highest BCUT2D eigenvalue weighted by Crippen LogP contribution is 2.36. The van der Waals surface area contributed by atoms with Gasteiger partial charge in [-0.2, -0.15) is 0 Å². The zero-order valence-electron chi connectivity index (χ0n) is 11.8. The Morgan fingerprint density at radius 2 is 2.10 bits per heavy atom. The maximum Gasteiger partial charge on any atom is 0.180 e. The molecule has 0 saturated heterocycles. The summed E-state index contributed by atoms with van der Waals surface area (Å²) in [5.41, 5.74) is 2.85. The maximum absolute atomic E-state index is 8.58. The summed E-state index contributed by atoms with van der Waals surface area (Å²) >= 11 is 6.20. The molecule has 4 nitrogen and oxygen atoms in total. The quantitative estimate of drug-likeness (QED) is 0.515. The number of aryl methyl sites for hydroxylation is 1. The fraction of sp³-hybridized carbons (Fsp3) is 0.188. The van der Waals surface area contributed by atoms with Gasteiger partial charge in [-0.1, -0.05) is 46.6 Å². The topological polar surface area (TPSA) is 51.0 Å². The van der Waals surface area contributed by atoms with Crippen molar-refractivity contribution < 1.29 is 14.7 Å². The van der Waals surface area contributed by atoms with Gasteiger partial charge in [0.05, 0.1) is 18.3 Å². The summed E-state index contributed by atoms with van der Waals surface area (Å²) in [6, 6.07) is 11.4. The SMILES string of the molecule is COc1cc(/C=N/O)cc(Cl)c1OCc1cccc(C)c1. The Kier molecular flexibility index (Phi) is 5.06. The van der Waals surface area contributed by atoms with Crippen LogP contribution in [-0.4, -0.2) is 18.5 Å². The van der Waals surface area contributed by atoms with Gasteiger partial charge in [-0.15, -0.1) is 0 Å². The molecule has 0 aromatic heterocycles. The molecule has 2 aromatic carbocycles. The second-order valence-electron chi connectivity index (χ2n) is 4.56. The molecule has 110 valence electrons. The first-order chi connectivity index (χ1) is 10.1. The minimum atomic E-state index is 0.394. The molecule has 2 aromatic rings. The van der Waals surface area contributed by atoms with Crippen molar-refractivity contribution in [2.45, 2.75) is 13.5 Å². The largest absolute Gasteiger partial charge is 0.493 e. The van der Waals surface area contributed by atoms with Gasteiger partial charge in [-0.25, -0.2) is 0 Å². The van der Waals surface area contributed by atoms with Gasteiger partial charge in [-0.3, -0.25) is 0 Å². The number of benzene rings is 2. The molecule has 0 aliphatic heterocycles. The first kappa shape index (κ1) is 15.2. The van der Waals surface area contributed by atoms with Crippen molar-refractivity contribution in [3.05, 3.63) is 58.1 Å². The molecule has 0 bridgehead atoms. The van der Waals surface area contributed by atoms with Crippen LogP contribution in [0.4, 0.5) is 0 Å². The Hall–Kier alpha value is -2.20. The zero-order valence-corrected chi connectivity index (χ0v) is 12.6. The Morgan fingerprint density at radius 3 is 2.76 bits per heavy atom. The molecule has 5 heteroatoms. The standard InChI is InChI=1S/C16H16ClNO3/c1-11-4-3-5-12(6-11)10-21-16-14(17)7-13(9-18-19)8-15(16)20-2/h3-9,19H,10H2,1-2H3/b18-9+. The van der Waals surface area contributed by atoms with Crippen LogP contribution >= 0.6 is 11.6 Å². The van der Waals surface area contributed by atoms with Crippen LogP contribution in [0, 0.1) is 6.92 Å². The second kappa shape index (κ2) is 6.99. The van der Waals surface area contributed by atoms with Crippen molar-refractivity contribution >= 4 is 17.8 Å². The fourth-order valence-electron chi connectivity index (χ4n) is 1.98. The summed E-state index contributed by atoms with van der Waals surface area (Å²) in [4.78, 5) is 0. The molecule has 0 aliphatic rings. The number of ether oxygens (including phenoxy) is 2. The molecule has 0 unspecified atom stereocenters. The highest BCUT2D eigenvalue weighted by molar-refractivity contribution is 6.32. The summed E-state index contributed by atoms with van der Waals surface area (Å²) < 4.78 is 11.0. The van der Waals surface area contributed by atoms with Crippen molar-refractivity contribution in [3.63, 3.8) is 0 Å². The number of halogens is 1. The van der Waals surface area contributed by atoms with Crippen LogP contribution in [0.25, 0.3) is 0 Å². The average molecular weight is 306 g/mol. The average Bonchev–Trinajstić information content (AvgIpc) is 2.46. The van der Waals surface area contributed by atoms with Gasteiger partial charge in [0.25, 0.3) is 0 Å². The molecule has 0 radical (unpaired) electrons. The summed E-state index contributed by atoms with van der Waals surface area (Å²) in [6.45, 7) is 2.42. The monoisotopic (exact) mass is 305 g/mol. The number of hydrogen-bond donors (Lipinski definition) is 1. The molecular weight excluding hydrogens is 290 g/mol. The van der Waals surface area contributed by atoms with Crippen LogP contribution in [0.1, 0.15) is 16.7 Å². The summed E-state index contributed by atoms with van der Waals surface area (Å²) in [7, 11) is 1.53. The van der Waals surface area contributed by atoms with E-state index in [1.807, 2.05) is 31.2 Å². The fourth-order valence-corrected chi connectivity index (χ4v) is 2.25. The second-order valence-corrected chi connectivity index (χ2v) is 4.96. The van der Waals surface area contributed by atoms with Crippen molar-refractivity contribution in [1.29, 1.82) is 0 Å². The summed E-state index contributed by atoms with van der Waals surface area (Å²) in [5.74, 6) is 0.959. The third-order valence-electron chi connectivity index (χ3n) is 2.92. The van der Waals surface area contributed by atoms with Crippen LogP contribution in [0.3, 0.4) is 0 Å². The number of nitrogens with zero attached hydrogens (tertiary/aromatic N) is 1. The maximum atomic E-state index is 8.58. The Morgan fingerprint density at radius 1 is 1.29 bits per heavy atom. The molecule has 1 N–H and O–H groups in total. The van der Waals surface area contributed by atoms with Crippen molar-refractivity contribution in [1.82, 2.24) is 0 Å². The van der Waals surface area contributed by atoms with Crippen LogP contribution in [-0.2, 0) is 6.61 Å². The minimum absolute atomic E-state index is 0.394. The van der Waals surface area contributed by atoms with Gasteiger partial charge in [-0.05, 0) is 24.6 Å². The molecular formula is C16H16ClNO3. The van der Waals surface area contributed by atoms with E-state index in [2.05, 4.69) is 5.16 Å². The smallest absolute Gasteiger partial charge is 0.180 e. The molecule has 0 aliphatic carbocycles. The normalized spacial score (nSPS) is 10.8. The predicted molar refractivity (Wildman–Crippen MR) is 82.9 cm³/mol. The molecule has 2 rings (SSSR count). The Bertz CT molecular complexity index is 656. The third-order valence-corrected chi connectivity index (χ3v) is 3.20. The Balaban J connectivity index is 2.23. The lowest BCUT2D eigenvalue weighted by Crippen LogP contribution is -1.99. The predicted octanol–water partition coefficient (Wildman–Crippen LogP) is 4.04. The molecule has 0 heterocycles. The van der Waals surface area contributed by atoms with E-state index >= 15 is 0 Å². The van der Waals surface area contributed by atoms with Gasteiger partial charge >= 0.3 is 0 Å². The van der Waals surface area contributed by atoms with Gasteiger partial charge in [0.1, 0.15) is 6.61 Å². The van der Waals surface area contributed by atoms with Crippen LogP contribution in [0.15, 0.2) is 41.6 Å². The van der Waals surface area contributed by atoms with E-state index in [9.17, 15) is 0 Å². The minimum Gasteiger partial charge on any atom is -0.493 e. The summed E-state index contributed by atoms with van der Waals surface area (Å²) in [6.07, 6.45) is 1.28. The lowest BCUT2D eigenvalue weighted by atomic mass is 10.1. The molecule has 21 heavy (non-hydrogen) atoms. The van der Waals surface area contributed by atoms with E-state index in [0.717, 1.165) is 5.56 Å². The van der Waals surface area contributed by atoms with Gasteiger partial charge in [0.2, 0.25) is 0 Å². The number of methoxy groups -OCH3 is 1. The lowest BCUT2D eigenvalue weighted by molar-refractivity contribution is 0.284. The van der Waals surface area contributed by atoms with Crippen molar-refractivity contribution in [2.75, 3.05) is 7.11 Å². The third kappa shape index (κ3) is 3.89. The number of hydrogen-bond acceptors (Lipinski definition) is 4. The highest BCUT2D eigenvalue weighted by atomic mass is 35.5. The van der Waals surface area contributed by atoms with E-state index in [1.165, 1.54) is 18.9 Å². The first-order valence-electron chi connectivity index (χ1n) is 6.37. The van der Waals surface area contributed by atoms with E-state index in [-0.39, 0.29) is 0 Å². The molecule has 0 atom stereocenters. The molecule has 0 amide bonds. The van der Waals surface area contributed by atoms with Gasteiger partial charge in [0, 0.05) is 5.56 Å². The molecule has 0 spiro atoms. The Labute approximate surface area is 128 Å². The van der Waals surface area contributed by atoms with Gasteiger partial charge < -0.3 is 14.7 Å². The number of rotatable bonds is 5. The molecule has 0 saturated carbocycles. The van der Waals surface area contributed by atoms with E-state index in [1.54, 1.807) is 12.1 Å². The first-order valence-corrected chi connectivity index (χ1v) is 6.75. The van der Waals surface area contributed by atoms with Crippen LogP contribution in [0.2, 0.25) is 5.02 Å². The van der Waals surface area contributed by atoms with Crippen LogP contribution in [0.5, 0.6) is 11.5 Å². The van der Waals surface area contributed by atoms with Crippen LogP contribution < -0.4 is 9.47 Å². The van der Waals surface area contributed by atoms with Crippen molar-refractivity contribution in [2.24, 2.45) is 5.16 Å². The lowest BCUT2D eigenvalue weighted by Gasteiger charge is -2.13.